The molecule has 1 aliphatic carbocycles. The lowest BCUT2D eigenvalue weighted by Crippen LogP contribution is -2.25. The Bertz CT molecular complexity index is 639. The van der Waals surface area contributed by atoms with Crippen LogP contribution in [-0.2, 0) is 0 Å². The first-order valence-corrected chi connectivity index (χ1v) is 6.45. The van der Waals surface area contributed by atoms with Crippen molar-refractivity contribution in [2.75, 3.05) is 5.73 Å². The van der Waals surface area contributed by atoms with Crippen molar-refractivity contribution >= 4 is 38.6 Å². The Balaban J connectivity index is 2.04. The standard InChI is InChI=1S/C12H11BrN4O/c13-9-5-16-11(14)10-8(9)3-6(4-15-10)12(18)17-7-1-2-7/h3-5,7H,1-2H2,(H2,14,16)(H,17,18). The zero-order chi connectivity index (χ0) is 12.7. The SMILES string of the molecule is Nc1ncc(Br)c2cc(C(=O)NC3CC3)cnc12. The van der Waals surface area contributed by atoms with Crippen LogP contribution in [0.5, 0.6) is 0 Å². The summed E-state index contributed by atoms with van der Waals surface area (Å²) in [5, 5.41) is 3.72. The van der Waals surface area contributed by atoms with Crippen molar-refractivity contribution < 1.29 is 4.79 Å². The van der Waals surface area contributed by atoms with Crippen molar-refractivity contribution in [1.82, 2.24) is 15.3 Å². The summed E-state index contributed by atoms with van der Waals surface area (Å²) in [6, 6.07) is 2.11. The Hall–Kier alpha value is -1.69. The van der Waals surface area contributed by atoms with Crippen molar-refractivity contribution in [3.8, 4) is 0 Å². The molecule has 92 valence electrons. The topological polar surface area (TPSA) is 80.9 Å². The van der Waals surface area contributed by atoms with Crippen LogP contribution >= 0.6 is 15.9 Å². The minimum atomic E-state index is -0.0887. The van der Waals surface area contributed by atoms with Gasteiger partial charge in [0.2, 0.25) is 0 Å². The smallest absolute Gasteiger partial charge is 0.253 e. The largest absolute Gasteiger partial charge is 0.382 e. The van der Waals surface area contributed by atoms with Crippen LogP contribution in [0.15, 0.2) is 22.9 Å². The minimum Gasteiger partial charge on any atom is -0.382 e. The van der Waals surface area contributed by atoms with Crippen LogP contribution in [0.1, 0.15) is 23.2 Å². The molecule has 3 N–H and O–H groups in total. The number of hydrogen-bond donors (Lipinski definition) is 2. The highest BCUT2D eigenvalue weighted by atomic mass is 79.9. The Morgan fingerprint density at radius 3 is 2.89 bits per heavy atom. The zero-order valence-electron chi connectivity index (χ0n) is 9.48. The average Bonchev–Trinajstić information content (AvgIpc) is 3.17. The summed E-state index contributed by atoms with van der Waals surface area (Å²) in [4.78, 5) is 20.1. The Kier molecular flexibility index (Phi) is 2.66. The van der Waals surface area contributed by atoms with E-state index < -0.39 is 0 Å². The molecule has 1 amide bonds. The lowest BCUT2D eigenvalue weighted by molar-refractivity contribution is 0.0951. The maximum absolute atomic E-state index is 11.9. The second kappa shape index (κ2) is 4.20. The minimum absolute atomic E-state index is 0.0887. The fourth-order valence-electron chi connectivity index (χ4n) is 1.73. The molecule has 1 aliphatic rings. The molecule has 1 saturated carbocycles. The molecule has 2 heterocycles. The van der Waals surface area contributed by atoms with E-state index >= 15 is 0 Å². The van der Waals surface area contributed by atoms with Crippen molar-refractivity contribution in [2.24, 2.45) is 0 Å². The third kappa shape index (κ3) is 2.03. The molecule has 3 rings (SSSR count). The van der Waals surface area contributed by atoms with E-state index in [-0.39, 0.29) is 5.91 Å². The molecule has 1 fully saturated rings. The van der Waals surface area contributed by atoms with E-state index in [2.05, 4.69) is 31.2 Å². The van der Waals surface area contributed by atoms with E-state index in [4.69, 9.17) is 5.73 Å². The van der Waals surface area contributed by atoms with Crippen LogP contribution < -0.4 is 11.1 Å². The number of carbonyl (C=O) groups is 1. The van der Waals surface area contributed by atoms with Gasteiger partial charge < -0.3 is 11.1 Å². The first-order valence-electron chi connectivity index (χ1n) is 5.66. The summed E-state index contributed by atoms with van der Waals surface area (Å²) in [5.74, 6) is 0.275. The molecule has 0 aliphatic heterocycles. The van der Waals surface area contributed by atoms with Crippen LogP contribution in [0.4, 0.5) is 5.82 Å². The number of amides is 1. The zero-order valence-corrected chi connectivity index (χ0v) is 11.1. The van der Waals surface area contributed by atoms with Gasteiger partial charge in [0, 0.05) is 28.3 Å². The number of aromatic nitrogens is 2. The van der Waals surface area contributed by atoms with Crippen LogP contribution in [0, 0.1) is 0 Å². The second-order valence-electron chi connectivity index (χ2n) is 4.36. The highest BCUT2D eigenvalue weighted by Gasteiger charge is 2.24. The van der Waals surface area contributed by atoms with E-state index in [9.17, 15) is 4.79 Å². The fourth-order valence-corrected chi connectivity index (χ4v) is 2.13. The van der Waals surface area contributed by atoms with Gasteiger partial charge in [0.1, 0.15) is 11.3 Å². The number of nitrogen functional groups attached to an aromatic ring is 1. The van der Waals surface area contributed by atoms with Gasteiger partial charge in [-0.05, 0) is 34.8 Å². The maximum atomic E-state index is 11.9. The predicted octanol–water partition coefficient (Wildman–Crippen LogP) is 1.87. The quantitative estimate of drug-likeness (QED) is 0.887. The first-order chi connectivity index (χ1) is 8.65. The van der Waals surface area contributed by atoms with Gasteiger partial charge in [-0.15, -0.1) is 0 Å². The number of halogens is 1. The van der Waals surface area contributed by atoms with Gasteiger partial charge in [-0.3, -0.25) is 9.78 Å². The molecule has 0 unspecified atom stereocenters. The second-order valence-corrected chi connectivity index (χ2v) is 5.21. The number of nitrogens with zero attached hydrogens (tertiary/aromatic N) is 2. The van der Waals surface area contributed by atoms with E-state index in [1.54, 1.807) is 12.3 Å². The van der Waals surface area contributed by atoms with Gasteiger partial charge in [-0.1, -0.05) is 0 Å². The lowest BCUT2D eigenvalue weighted by Gasteiger charge is -2.06. The molecular weight excluding hydrogens is 296 g/mol. The van der Waals surface area contributed by atoms with Crippen LogP contribution in [0.2, 0.25) is 0 Å². The number of nitrogens with one attached hydrogen (secondary N) is 1. The Morgan fingerprint density at radius 2 is 2.17 bits per heavy atom. The van der Waals surface area contributed by atoms with Gasteiger partial charge in [-0.2, -0.15) is 0 Å². The number of carbonyl (C=O) groups excluding carboxylic acids is 1. The van der Waals surface area contributed by atoms with Gasteiger partial charge in [-0.25, -0.2) is 4.98 Å². The van der Waals surface area contributed by atoms with Crippen molar-refractivity contribution in [3.63, 3.8) is 0 Å². The van der Waals surface area contributed by atoms with Crippen molar-refractivity contribution in [2.45, 2.75) is 18.9 Å². The third-order valence-electron chi connectivity index (χ3n) is 2.88. The number of hydrogen-bond acceptors (Lipinski definition) is 4. The molecule has 18 heavy (non-hydrogen) atoms. The van der Waals surface area contributed by atoms with Crippen LogP contribution in [0.3, 0.4) is 0 Å². The number of rotatable bonds is 2. The molecule has 0 atom stereocenters. The van der Waals surface area contributed by atoms with Crippen LogP contribution in [-0.4, -0.2) is 21.9 Å². The van der Waals surface area contributed by atoms with Gasteiger partial charge in [0.15, 0.2) is 0 Å². The highest BCUT2D eigenvalue weighted by molar-refractivity contribution is 9.10. The monoisotopic (exact) mass is 306 g/mol. The molecule has 0 aromatic carbocycles. The molecule has 0 bridgehead atoms. The molecule has 5 nitrogen and oxygen atoms in total. The number of fused-ring (bicyclic) bond motifs is 1. The predicted molar refractivity (Wildman–Crippen MR) is 72.1 cm³/mol. The van der Waals surface area contributed by atoms with E-state index in [0.717, 1.165) is 22.7 Å². The van der Waals surface area contributed by atoms with Crippen molar-refractivity contribution in [3.05, 3.63) is 28.5 Å². The summed E-state index contributed by atoms with van der Waals surface area (Å²) < 4.78 is 0.778. The summed E-state index contributed by atoms with van der Waals surface area (Å²) >= 11 is 3.39. The van der Waals surface area contributed by atoms with Gasteiger partial charge in [0.05, 0.1) is 5.56 Å². The van der Waals surface area contributed by atoms with Crippen molar-refractivity contribution in [1.29, 1.82) is 0 Å². The van der Waals surface area contributed by atoms with Gasteiger partial charge in [0.25, 0.3) is 5.91 Å². The molecular formula is C12H11BrN4O. The summed E-state index contributed by atoms with van der Waals surface area (Å²) in [7, 11) is 0. The molecule has 0 saturated heterocycles. The Morgan fingerprint density at radius 1 is 1.39 bits per heavy atom. The fraction of sp³-hybridized carbons (Fsp3) is 0.250. The molecule has 6 heteroatoms. The number of pyridine rings is 2. The number of anilines is 1. The number of nitrogens with two attached hydrogens (primary N) is 1. The third-order valence-corrected chi connectivity index (χ3v) is 3.51. The average molecular weight is 307 g/mol. The van der Waals surface area contributed by atoms with E-state index in [1.807, 2.05) is 0 Å². The lowest BCUT2D eigenvalue weighted by atomic mass is 10.2. The first kappa shape index (κ1) is 11.4. The molecule has 2 aromatic rings. The molecule has 0 radical (unpaired) electrons. The maximum Gasteiger partial charge on any atom is 0.253 e. The van der Waals surface area contributed by atoms with Gasteiger partial charge >= 0.3 is 0 Å². The van der Waals surface area contributed by atoms with Crippen LogP contribution in [0.25, 0.3) is 10.9 Å². The van der Waals surface area contributed by atoms with E-state index in [0.29, 0.717) is 22.9 Å². The summed E-state index contributed by atoms with van der Waals surface area (Å²) in [6.45, 7) is 0. The van der Waals surface area contributed by atoms with E-state index in [1.165, 1.54) is 6.20 Å². The molecule has 0 spiro atoms. The normalized spacial score (nSPS) is 14.7. The highest BCUT2D eigenvalue weighted by Crippen LogP contribution is 2.26. The summed E-state index contributed by atoms with van der Waals surface area (Å²) in [6.07, 6.45) is 5.27. The summed E-state index contributed by atoms with van der Waals surface area (Å²) in [5.41, 5.74) is 6.89. The Labute approximate surface area is 112 Å². The molecule has 2 aromatic heterocycles.